The first kappa shape index (κ1) is 11.4. The third-order valence-electron chi connectivity index (χ3n) is 1.52. The summed E-state index contributed by atoms with van der Waals surface area (Å²) in [4.78, 5) is 12.9. The van der Waals surface area contributed by atoms with Crippen LogP contribution < -0.4 is 5.43 Å². The van der Waals surface area contributed by atoms with Crippen LogP contribution in [0.5, 0.6) is 0 Å². The first-order chi connectivity index (χ1) is 5.18. The van der Waals surface area contributed by atoms with E-state index in [1.165, 1.54) is 0 Å². The van der Waals surface area contributed by atoms with Gasteiger partial charge in [0.15, 0.2) is 0 Å². The van der Waals surface area contributed by atoms with E-state index in [2.05, 4.69) is 15.4 Å². The van der Waals surface area contributed by atoms with Crippen LogP contribution in [0.3, 0.4) is 0 Å². The first-order valence-corrected chi connectivity index (χ1v) is 3.65. The molecular formula is C7H14ClN3O. The molecule has 0 aliphatic carbocycles. The predicted octanol–water partition coefficient (Wildman–Crippen LogP) is 0.0917. The van der Waals surface area contributed by atoms with Crippen LogP contribution in [0.1, 0.15) is 6.42 Å². The molecule has 0 fully saturated rings. The Kier molecular flexibility index (Phi) is 4.85. The molecule has 0 bridgehead atoms. The maximum atomic E-state index is 10.8. The molecule has 5 heteroatoms. The van der Waals surface area contributed by atoms with Crippen LogP contribution in [0, 0.1) is 5.92 Å². The summed E-state index contributed by atoms with van der Waals surface area (Å²) < 4.78 is 0. The smallest absolute Gasteiger partial charge is 0.240 e. The predicted molar refractivity (Wildman–Crippen MR) is 50.5 cm³/mol. The topological polar surface area (TPSA) is 44.7 Å². The van der Waals surface area contributed by atoms with Gasteiger partial charge in [-0.05, 0) is 14.1 Å². The van der Waals surface area contributed by atoms with Crippen molar-refractivity contribution in [1.82, 2.24) is 10.3 Å². The molecule has 0 aromatic carbocycles. The largest absolute Gasteiger partial charge is 0.309 e. The van der Waals surface area contributed by atoms with Crippen molar-refractivity contribution < 1.29 is 4.79 Å². The number of nitrogens with zero attached hydrogens (tertiary/aromatic N) is 2. The lowest BCUT2D eigenvalue weighted by atomic mass is 10.1. The highest BCUT2D eigenvalue weighted by Gasteiger charge is 2.15. The van der Waals surface area contributed by atoms with Gasteiger partial charge in [-0.2, -0.15) is 5.10 Å². The van der Waals surface area contributed by atoms with Crippen LogP contribution in [0.4, 0.5) is 0 Å². The molecule has 1 aliphatic rings. The van der Waals surface area contributed by atoms with Gasteiger partial charge >= 0.3 is 0 Å². The van der Waals surface area contributed by atoms with Crippen LogP contribution >= 0.6 is 12.4 Å². The van der Waals surface area contributed by atoms with Crippen molar-refractivity contribution in [2.24, 2.45) is 11.0 Å². The summed E-state index contributed by atoms with van der Waals surface area (Å²) in [5.41, 5.74) is 2.40. The minimum Gasteiger partial charge on any atom is -0.309 e. The Labute approximate surface area is 78.4 Å². The molecule has 1 rings (SSSR count). The van der Waals surface area contributed by atoms with Gasteiger partial charge in [-0.15, -0.1) is 12.4 Å². The minimum absolute atomic E-state index is 0. The van der Waals surface area contributed by atoms with Crippen LogP contribution in [-0.2, 0) is 4.79 Å². The molecule has 1 aliphatic heterocycles. The normalized spacial score (nSPS) is 21.9. The number of carbonyl (C=O) groups is 1. The van der Waals surface area contributed by atoms with E-state index in [-0.39, 0.29) is 24.2 Å². The summed E-state index contributed by atoms with van der Waals surface area (Å²) in [6.45, 7) is 0.886. The van der Waals surface area contributed by atoms with Gasteiger partial charge in [-0.25, -0.2) is 5.43 Å². The molecule has 70 valence electrons. The number of hydrogen-bond donors (Lipinski definition) is 1. The van der Waals surface area contributed by atoms with Crippen molar-refractivity contribution in [2.45, 2.75) is 6.42 Å². The molecular weight excluding hydrogens is 178 g/mol. The van der Waals surface area contributed by atoms with Crippen molar-refractivity contribution in [2.75, 3.05) is 20.6 Å². The van der Waals surface area contributed by atoms with Gasteiger partial charge in [-0.3, -0.25) is 4.79 Å². The number of nitrogens with one attached hydrogen (secondary N) is 1. The van der Waals surface area contributed by atoms with Gasteiger partial charge in [0, 0.05) is 25.1 Å². The lowest BCUT2D eigenvalue weighted by Crippen LogP contribution is -2.32. The van der Waals surface area contributed by atoms with Crippen LogP contribution in [0.2, 0.25) is 0 Å². The molecule has 0 spiro atoms. The second kappa shape index (κ2) is 5.11. The Balaban J connectivity index is 0.00000121. The maximum Gasteiger partial charge on any atom is 0.240 e. The number of halogens is 1. The molecule has 4 nitrogen and oxygen atoms in total. The van der Waals surface area contributed by atoms with E-state index in [4.69, 9.17) is 0 Å². The fourth-order valence-electron chi connectivity index (χ4n) is 1.13. The number of rotatable bonds is 2. The lowest BCUT2D eigenvalue weighted by molar-refractivity contribution is -0.122. The van der Waals surface area contributed by atoms with Crippen LogP contribution in [0.25, 0.3) is 0 Å². The summed E-state index contributed by atoms with van der Waals surface area (Å²) >= 11 is 0. The molecule has 0 radical (unpaired) electrons. The molecule has 0 aromatic heterocycles. The highest BCUT2D eigenvalue weighted by atomic mass is 35.5. The monoisotopic (exact) mass is 191 g/mol. The number of hydrazone groups is 1. The Morgan fingerprint density at radius 3 is 2.92 bits per heavy atom. The number of carbonyl (C=O) groups excluding carboxylic acids is 1. The van der Waals surface area contributed by atoms with Crippen molar-refractivity contribution in [3.8, 4) is 0 Å². The molecule has 1 heterocycles. The standard InChI is InChI=1S/C7H13N3O.ClH/c1-10(2)5-6-3-7(11)9-8-4-6;/h4,6H,3,5H2,1-2H3,(H,9,11);1H. The van der Waals surface area contributed by atoms with E-state index >= 15 is 0 Å². The highest BCUT2D eigenvalue weighted by molar-refractivity contribution is 5.85. The van der Waals surface area contributed by atoms with Gasteiger partial charge in [0.2, 0.25) is 5.91 Å². The quantitative estimate of drug-likeness (QED) is 0.673. The summed E-state index contributed by atoms with van der Waals surface area (Å²) in [6.07, 6.45) is 2.35. The number of amides is 1. The maximum absolute atomic E-state index is 10.8. The molecule has 1 N–H and O–H groups in total. The van der Waals surface area contributed by atoms with Crippen molar-refractivity contribution in [1.29, 1.82) is 0 Å². The van der Waals surface area contributed by atoms with Gasteiger partial charge in [0.05, 0.1) is 0 Å². The van der Waals surface area contributed by atoms with Crippen LogP contribution in [-0.4, -0.2) is 37.7 Å². The van der Waals surface area contributed by atoms with Gasteiger partial charge in [0.25, 0.3) is 0 Å². The van der Waals surface area contributed by atoms with E-state index in [1.807, 2.05) is 14.1 Å². The molecule has 1 atom stereocenters. The molecule has 12 heavy (non-hydrogen) atoms. The lowest BCUT2D eigenvalue weighted by Gasteiger charge is -2.18. The van der Waals surface area contributed by atoms with Crippen molar-refractivity contribution in [3.05, 3.63) is 0 Å². The molecule has 0 saturated heterocycles. The number of hydrogen-bond acceptors (Lipinski definition) is 3. The van der Waals surface area contributed by atoms with E-state index in [9.17, 15) is 4.79 Å². The van der Waals surface area contributed by atoms with Crippen molar-refractivity contribution in [3.63, 3.8) is 0 Å². The highest BCUT2D eigenvalue weighted by Crippen LogP contribution is 2.04. The Bertz CT molecular complexity index is 181. The zero-order valence-corrected chi connectivity index (χ0v) is 8.10. The molecule has 0 saturated carbocycles. The average Bonchev–Trinajstić information content (AvgIpc) is 1.85. The van der Waals surface area contributed by atoms with E-state index in [0.29, 0.717) is 6.42 Å². The minimum atomic E-state index is 0. The summed E-state index contributed by atoms with van der Waals surface area (Å²) in [6, 6.07) is 0. The van der Waals surface area contributed by atoms with Gasteiger partial charge in [0.1, 0.15) is 0 Å². The first-order valence-electron chi connectivity index (χ1n) is 3.65. The van der Waals surface area contributed by atoms with E-state index in [0.717, 1.165) is 6.54 Å². The molecule has 0 aromatic rings. The third kappa shape index (κ3) is 3.69. The molecule has 1 amide bonds. The van der Waals surface area contributed by atoms with E-state index in [1.54, 1.807) is 6.21 Å². The summed E-state index contributed by atoms with van der Waals surface area (Å²) in [5.74, 6) is 0.290. The second-order valence-electron chi connectivity index (χ2n) is 3.04. The van der Waals surface area contributed by atoms with Crippen molar-refractivity contribution >= 4 is 24.5 Å². The Hall–Kier alpha value is -0.610. The van der Waals surface area contributed by atoms with Gasteiger partial charge in [-0.1, -0.05) is 0 Å². The zero-order chi connectivity index (χ0) is 8.27. The summed E-state index contributed by atoms with van der Waals surface area (Å²) in [5, 5.41) is 3.74. The zero-order valence-electron chi connectivity index (χ0n) is 7.28. The second-order valence-corrected chi connectivity index (χ2v) is 3.04. The molecule has 1 unspecified atom stereocenters. The van der Waals surface area contributed by atoms with Gasteiger partial charge < -0.3 is 4.90 Å². The Morgan fingerprint density at radius 1 is 1.75 bits per heavy atom. The van der Waals surface area contributed by atoms with E-state index < -0.39 is 0 Å². The SMILES string of the molecule is CN(C)CC1C=NNC(=O)C1.Cl. The fraction of sp³-hybridized carbons (Fsp3) is 0.714. The third-order valence-corrected chi connectivity index (χ3v) is 1.52. The Morgan fingerprint density at radius 2 is 2.42 bits per heavy atom. The summed E-state index contributed by atoms with van der Waals surface area (Å²) in [7, 11) is 3.97. The van der Waals surface area contributed by atoms with Crippen LogP contribution in [0.15, 0.2) is 5.10 Å². The fourth-order valence-corrected chi connectivity index (χ4v) is 1.13. The average molecular weight is 192 g/mol.